The molecule has 1 aliphatic rings. The Morgan fingerprint density at radius 2 is 1.96 bits per heavy atom. The molecule has 0 saturated carbocycles. The molecule has 0 atom stereocenters. The Kier molecular flexibility index (Phi) is 4.60. The monoisotopic (exact) mass is 328 g/mol. The predicted octanol–water partition coefficient (Wildman–Crippen LogP) is 2.73. The Bertz CT molecular complexity index is 789. The second-order valence-electron chi connectivity index (χ2n) is 5.26. The van der Waals surface area contributed by atoms with Gasteiger partial charge in [-0.1, -0.05) is 6.07 Å². The highest BCUT2D eigenvalue weighted by Crippen LogP contribution is 2.30. The minimum Gasteiger partial charge on any atom is -0.507 e. The highest BCUT2D eigenvalue weighted by molar-refractivity contribution is 5.84. The van der Waals surface area contributed by atoms with Crippen LogP contribution in [-0.4, -0.2) is 36.0 Å². The molecule has 3 rings (SSSR count). The smallest absolute Gasteiger partial charge is 0.270 e. The van der Waals surface area contributed by atoms with Crippen molar-refractivity contribution in [1.82, 2.24) is 0 Å². The van der Waals surface area contributed by atoms with E-state index < -0.39 is 4.92 Å². The van der Waals surface area contributed by atoms with Gasteiger partial charge < -0.3 is 14.6 Å². The molecule has 7 heteroatoms. The minimum atomic E-state index is -0.508. The van der Waals surface area contributed by atoms with Gasteiger partial charge in [-0.25, -0.2) is 0 Å². The van der Waals surface area contributed by atoms with E-state index in [2.05, 4.69) is 4.99 Å². The van der Waals surface area contributed by atoms with Gasteiger partial charge in [0.15, 0.2) is 11.5 Å². The highest BCUT2D eigenvalue weighted by atomic mass is 16.6. The van der Waals surface area contributed by atoms with Crippen molar-refractivity contribution in [3.05, 3.63) is 57.6 Å². The summed E-state index contributed by atoms with van der Waals surface area (Å²) in [6.07, 6.45) is 2.13. The van der Waals surface area contributed by atoms with Crippen LogP contribution in [0.2, 0.25) is 0 Å². The lowest BCUT2D eigenvalue weighted by atomic mass is 10.1. The van der Waals surface area contributed by atoms with Gasteiger partial charge >= 0.3 is 0 Å². The van der Waals surface area contributed by atoms with Gasteiger partial charge in [-0.15, -0.1) is 0 Å². The van der Waals surface area contributed by atoms with E-state index in [4.69, 9.17) is 9.47 Å². The molecule has 0 amide bonds. The number of fused-ring (bicyclic) bond motifs is 1. The highest BCUT2D eigenvalue weighted by Gasteiger charge is 2.11. The molecule has 0 aromatic heterocycles. The van der Waals surface area contributed by atoms with Crippen molar-refractivity contribution in [2.45, 2.75) is 6.42 Å². The molecule has 7 nitrogen and oxygen atoms in total. The first-order valence-electron chi connectivity index (χ1n) is 7.49. The first-order chi connectivity index (χ1) is 11.6. The van der Waals surface area contributed by atoms with Gasteiger partial charge in [0.25, 0.3) is 5.69 Å². The third kappa shape index (κ3) is 3.62. The molecular formula is C17H16N2O5. The zero-order valence-corrected chi connectivity index (χ0v) is 12.8. The largest absolute Gasteiger partial charge is 0.507 e. The summed E-state index contributed by atoms with van der Waals surface area (Å²) in [5.41, 5.74) is 1.30. The molecule has 2 aromatic carbocycles. The van der Waals surface area contributed by atoms with Crippen LogP contribution in [0.1, 0.15) is 11.1 Å². The van der Waals surface area contributed by atoms with Crippen molar-refractivity contribution in [2.24, 2.45) is 4.99 Å². The fraction of sp³-hybridized carbons (Fsp3) is 0.235. The van der Waals surface area contributed by atoms with Crippen molar-refractivity contribution in [3.63, 3.8) is 0 Å². The van der Waals surface area contributed by atoms with Crippen LogP contribution in [0.5, 0.6) is 17.2 Å². The molecule has 1 N–H and O–H groups in total. The lowest BCUT2D eigenvalue weighted by molar-refractivity contribution is -0.384. The quantitative estimate of drug-likeness (QED) is 0.517. The molecule has 0 fully saturated rings. The number of aliphatic imine (C=N–C) groups is 1. The lowest BCUT2D eigenvalue weighted by Crippen LogP contribution is -2.15. The van der Waals surface area contributed by atoms with E-state index in [0.29, 0.717) is 31.7 Å². The SMILES string of the molecule is O=[N+]([O-])c1ccc(O)c(C=NCCc2ccc3c(c2)OCCO3)c1. The number of nitro groups is 1. The number of rotatable bonds is 5. The number of hydrogen-bond acceptors (Lipinski definition) is 6. The molecule has 0 saturated heterocycles. The van der Waals surface area contributed by atoms with Crippen LogP contribution in [0.4, 0.5) is 5.69 Å². The Balaban J connectivity index is 1.63. The first-order valence-corrected chi connectivity index (χ1v) is 7.49. The first kappa shape index (κ1) is 15.8. The number of benzene rings is 2. The third-order valence-corrected chi connectivity index (χ3v) is 3.59. The topological polar surface area (TPSA) is 94.2 Å². The van der Waals surface area contributed by atoms with Crippen molar-refractivity contribution < 1.29 is 19.5 Å². The maximum Gasteiger partial charge on any atom is 0.270 e. The van der Waals surface area contributed by atoms with Crippen molar-refractivity contribution >= 4 is 11.9 Å². The summed E-state index contributed by atoms with van der Waals surface area (Å²) in [6, 6.07) is 9.59. The molecule has 0 spiro atoms. The number of non-ortho nitro benzene ring substituents is 1. The second-order valence-corrected chi connectivity index (χ2v) is 5.26. The van der Waals surface area contributed by atoms with Gasteiger partial charge in [-0.3, -0.25) is 15.1 Å². The van der Waals surface area contributed by atoms with Gasteiger partial charge in [0.05, 0.1) is 4.92 Å². The van der Waals surface area contributed by atoms with Gasteiger partial charge in [-0.05, 0) is 30.2 Å². The van der Waals surface area contributed by atoms with Crippen LogP contribution < -0.4 is 9.47 Å². The van der Waals surface area contributed by atoms with E-state index in [9.17, 15) is 15.2 Å². The number of nitrogens with zero attached hydrogens (tertiary/aromatic N) is 2. The summed E-state index contributed by atoms with van der Waals surface area (Å²) < 4.78 is 11.0. The summed E-state index contributed by atoms with van der Waals surface area (Å²) in [5, 5.41) is 20.5. The Morgan fingerprint density at radius 1 is 1.17 bits per heavy atom. The zero-order chi connectivity index (χ0) is 16.9. The molecule has 124 valence electrons. The van der Waals surface area contributed by atoms with Crippen LogP contribution in [-0.2, 0) is 6.42 Å². The molecular weight excluding hydrogens is 312 g/mol. The van der Waals surface area contributed by atoms with E-state index in [1.54, 1.807) is 0 Å². The van der Waals surface area contributed by atoms with E-state index in [1.165, 1.54) is 24.4 Å². The molecule has 1 aliphatic heterocycles. The van der Waals surface area contributed by atoms with Crippen molar-refractivity contribution in [2.75, 3.05) is 19.8 Å². The van der Waals surface area contributed by atoms with Gasteiger partial charge in [0, 0.05) is 30.5 Å². The molecule has 0 bridgehead atoms. The van der Waals surface area contributed by atoms with Crippen LogP contribution in [0, 0.1) is 10.1 Å². The number of ether oxygens (including phenoxy) is 2. The summed E-state index contributed by atoms with van der Waals surface area (Å²) in [4.78, 5) is 14.5. The average Bonchev–Trinajstić information content (AvgIpc) is 2.59. The normalized spacial score (nSPS) is 13.2. The number of hydrogen-bond donors (Lipinski definition) is 1. The van der Waals surface area contributed by atoms with E-state index in [0.717, 1.165) is 17.1 Å². The minimum absolute atomic E-state index is 0.0383. The number of phenols is 1. The second kappa shape index (κ2) is 6.99. The van der Waals surface area contributed by atoms with Crippen LogP contribution in [0.25, 0.3) is 0 Å². The molecule has 1 heterocycles. The fourth-order valence-corrected chi connectivity index (χ4v) is 2.36. The van der Waals surface area contributed by atoms with Gasteiger partial charge in [0.1, 0.15) is 19.0 Å². The van der Waals surface area contributed by atoms with E-state index in [-0.39, 0.29) is 11.4 Å². The van der Waals surface area contributed by atoms with Gasteiger partial charge in [-0.2, -0.15) is 0 Å². The molecule has 2 aromatic rings. The summed E-state index contributed by atoms with van der Waals surface area (Å²) >= 11 is 0. The lowest BCUT2D eigenvalue weighted by Gasteiger charge is -2.18. The predicted molar refractivity (Wildman–Crippen MR) is 88.4 cm³/mol. The number of aromatic hydroxyl groups is 1. The van der Waals surface area contributed by atoms with E-state index in [1.807, 2.05) is 18.2 Å². The molecule has 0 unspecified atom stereocenters. The Morgan fingerprint density at radius 3 is 2.75 bits per heavy atom. The maximum atomic E-state index is 10.8. The van der Waals surface area contributed by atoms with Crippen LogP contribution in [0.15, 0.2) is 41.4 Å². The third-order valence-electron chi connectivity index (χ3n) is 3.59. The number of phenolic OH excluding ortho intramolecular Hbond substituents is 1. The fourth-order valence-electron chi connectivity index (χ4n) is 2.36. The summed E-state index contributed by atoms with van der Waals surface area (Å²) in [7, 11) is 0. The zero-order valence-electron chi connectivity index (χ0n) is 12.8. The summed E-state index contributed by atoms with van der Waals surface area (Å²) in [6.45, 7) is 1.59. The Labute approximate surface area is 138 Å². The van der Waals surface area contributed by atoms with Crippen molar-refractivity contribution in [3.8, 4) is 17.2 Å². The standard InChI is InChI=1S/C17H16N2O5/c20-15-3-2-14(19(21)22)10-13(15)11-18-6-5-12-1-4-16-17(9-12)24-8-7-23-16/h1-4,9-11,20H,5-8H2. The van der Waals surface area contributed by atoms with Crippen LogP contribution in [0.3, 0.4) is 0 Å². The van der Waals surface area contributed by atoms with Gasteiger partial charge in [0.2, 0.25) is 0 Å². The molecule has 0 aliphatic carbocycles. The maximum absolute atomic E-state index is 10.8. The molecule has 0 radical (unpaired) electrons. The van der Waals surface area contributed by atoms with Crippen LogP contribution >= 0.6 is 0 Å². The van der Waals surface area contributed by atoms with Crippen molar-refractivity contribution in [1.29, 1.82) is 0 Å². The average molecular weight is 328 g/mol. The van der Waals surface area contributed by atoms with E-state index >= 15 is 0 Å². The molecule has 24 heavy (non-hydrogen) atoms. The Hall–Kier alpha value is -3.09. The number of nitro benzene ring substituents is 1. The summed E-state index contributed by atoms with van der Waals surface area (Å²) in [5.74, 6) is 1.44.